The number of hydrogen-bond acceptors (Lipinski definition) is 5. The number of piperazine rings is 1. The number of hydrogen-bond donors (Lipinski definition) is 0. The molecule has 0 aliphatic carbocycles. The van der Waals surface area contributed by atoms with E-state index in [9.17, 15) is 13.2 Å². The molecule has 1 saturated heterocycles. The van der Waals surface area contributed by atoms with E-state index in [1.54, 1.807) is 28.2 Å². The molecule has 3 aliphatic heterocycles. The standard InChI is InChI=1S/C17H19N5O3S/c23-17(14-4-3-7-21-12-13-26(24,25)19-16(14)21)22-10-8-20(9-11-22)15-5-1-2-6-18-15/h1-7H,8-13H2/p+1. The molecule has 26 heavy (non-hydrogen) atoms. The number of pyridine rings is 1. The molecule has 0 radical (unpaired) electrons. The van der Waals surface area contributed by atoms with E-state index in [1.165, 1.54) is 0 Å². The average Bonchev–Trinajstić information content (AvgIpc) is 2.67. The number of nitrogens with one attached hydrogen (secondary N) is 1. The van der Waals surface area contributed by atoms with Gasteiger partial charge in [0.1, 0.15) is 13.1 Å². The maximum absolute atomic E-state index is 13.0. The van der Waals surface area contributed by atoms with Crippen molar-refractivity contribution in [1.82, 2.24) is 9.80 Å². The van der Waals surface area contributed by atoms with Crippen LogP contribution in [0.3, 0.4) is 0 Å². The molecule has 0 atom stereocenters. The van der Waals surface area contributed by atoms with Crippen LogP contribution in [-0.4, -0.2) is 68.4 Å². The van der Waals surface area contributed by atoms with Gasteiger partial charge in [0.05, 0.1) is 30.6 Å². The Morgan fingerprint density at radius 1 is 1.12 bits per heavy atom. The van der Waals surface area contributed by atoms with Crippen LogP contribution in [-0.2, 0) is 14.8 Å². The number of rotatable bonds is 2. The number of nitrogens with zero attached hydrogens (tertiary/aromatic N) is 4. The third kappa shape index (κ3) is 3.22. The lowest BCUT2D eigenvalue weighted by Crippen LogP contribution is -2.52. The maximum atomic E-state index is 13.0. The highest BCUT2D eigenvalue weighted by Crippen LogP contribution is 2.20. The average molecular weight is 374 g/mol. The molecule has 1 fully saturated rings. The number of carbonyl (C=O) groups excluding carboxylic acids is 1. The summed E-state index contributed by atoms with van der Waals surface area (Å²) in [7, 11) is -3.51. The van der Waals surface area contributed by atoms with Crippen molar-refractivity contribution in [3.8, 4) is 0 Å². The van der Waals surface area contributed by atoms with E-state index >= 15 is 0 Å². The summed E-state index contributed by atoms with van der Waals surface area (Å²) in [5.74, 6) is 1.05. The van der Waals surface area contributed by atoms with Crippen LogP contribution in [0.15, 0.2) is 52.7 Å². The molecule has 4 rings (SSSR count). The zero-order valence-corrected chi connectivity index (χ0v) is 15.0. The molecule has 0 spiro atoms. The Morgan fingerprint density at radius 3 is 2.65 bits per heavy atom. The van der Waals surface area contributed by atoms with Gasteiger partial charge in [0.2, 0.25) is 0 Å². The van der Waals surface area contributed by atoms with Crippen LogP contribution in [0.1, 0.15) is 0 Å². The van der Waals surface area contributed by atoms with E-state index in [0.717, 1.165) is 5.82 Å². The molecule has 1 aromatic rings. The van der Waals surface area contributed by atoms with Gasteiger partial charge in [-0.1, -0.05) is 6.07 Å². The summed E-state index contributed by atoms with van der Waals surface area (Å²) in [6.07, 6.45) is 7.05. The number of anilines is 1. The molecule has 1 aromatic heterocycles. The first-order valence-corrected chi connectivity index (χ1v) is 10.1. The Balaban J connectivity index is 1.49. The minimum atomic E-state index is -3.51. The van der Waals surface area contributed by atoms with Gasteiger partial charge in [0, 0.05) is 18.8 Å². The number of sulfonamides is 1. The second-order valence-corrected chi connectivity index (χ2v) is 8.10. The smallest absolute Gasteiger partial charge is 0.274 e. The first-order valence-electron chi connectivity index (χ1n) is 8.53. The summed E-state index contributed by atoms with van der Waals surface area (Å²) in [6.45, 7) is 2.89. The summed E-state index contributed by atoms with van der Waals surface area (Å²) in [6, 6.07) is 5.90. The summed E-state index contributed by atoms with van der Waals surface area (Å²) >= 11 is 0. The summed E-state index contributed by atoms with van der Waals surface area (Å²) in [5, 5.41) is 0. The molecule has 9 heteroatoms. The van der Waals surface area contributed by atoms with Gasteiger partial charge < -0.3 is 9.80 Å². The molecule has 3 aliphatic rings. The Labute approximate surface area is 152 Å². The van der Waals surface area contributed by atoms with Crippen molar-refractivity contribution in [1.29, 1.82) is 0 Å². The fraction of sp³-hybridized carbons (Fsp3) is 0.353. The monoisotopic (exact) mass is 374 g/mol. The maximum Gasteiger partial charge on any atom is 0.274 e. The van der Waals surface area contributed by atoms with Crippen LogP contribution in [0.2, 0.25) is 0 Å². The normalized spacial score (nSPS) is 21.8. The predicted octanol–water partition coefficient (Wildman–Crippen LogP) is -0.353. The zero-order chi connectivity index (χ0) is 18.1. The Bertz CT molecular complexity index is 900. The first kappa shape index (κ1) is 16.8. The van der Waals surface area contributed by atoms with Gasteiger partial charge in [-0.2, -0.15) is 0 Å². The number of fused-ring (bicyclic) bond motifs is 1. The molecule has 4 heterocycles. The number of carbonyl (C=O) groups is 1. The molecule has 1 amide bonds. The highest BCUT2D eigenvalue weighted by atomic mass is 32.2. The van der Waals surface area contributed by atoms with Crippen LogP contribution in [0.4, 0.5) is 5.82 Å². The highest BCUT2D eigenvalue weighted by Gasteiger charge is 2.34. The summed E-state index contributed by atoms with van der Waals surface area (Å²) in [4.78, 5) is 21.8. The van der Waals surface area contributed by atoms with Crippen molar-refractivity contribution in [2.24, 2.45) is 4.40 Å². The Hall–Kier alpha value is -2.68. The van der Waals surface area contributed by atoms with Gasteiger partial charge in [-0.3, -0.25) is 9.69 Å². The van der Waals surface area contributed by atoms with Crippen LogP contribution < -0.4 is 9.88 Å². The minimum absolute atomic E-state index is 0.0332. The molecule has 0 saturated carbocycles. The lowest BCUT2D eigenvalue weighted by atomic mass is 10.1. The highest BCUT2D eigenvalue weighted by molar-refractivity contribution is 7.90. The topological polar surface area (TPSA) is 87.4 Å². The van der Waals surface area contributed by atoms with E-state index < -0.39 is 10.0 Å². The van der Waals surface area contributed by atoms with E-state index in [2.05, 4.69) is 14.3 Å². The number of H-pyrrole nitrogens is 1. The Morgan fingerprint density at radius 2 is 1.92 bits per heavy atom. The lowest BCUT2D eigenvalue weighted by molar-refractivity contribution is -0.364. The summed E-state index contributed by atoms with van der Waals surface area (Å²) < 4.78 is 27.5. The van der Waals surface area contributed by atoms with Crippen molar-refractivity contribution in [2.75, 3.05) is 43.4 Å². The van der Waals surface area contributed by atoms with Gasteiger partial charge in [0.25, 0.3) is 21.7 Å². The van der Waals surface area contributed by atoms with Crippen molar-refractivity contribution in [3.63, 3.8) is 0 Å². The molecule has 0 aromatic carbocycles. The van der Waals surface area contributed by atoms with Gasteiger partial charge >= 0.3 is 0 Å². The van der Waals surface area contributed by atoms with E-state index in [0.29, 0.717) is 38.3 Å². The second kappa shape index (κ2) is 6.56. The van der Waals surface area contributed by atoms with Crippen molar-refractivity contribution in [2.45, 2.75) is 0 Å². The Kier molecular flexibility index (Phi) is 4.23. The van der Waals surface area contributed by atoms with Crippen LogP contribution in [0, 0.1) is 0 Å². The zero-order valence-electron chi connectivity index (χ0n) is 14.2. The number of allylic oxidation sites excluding steroid dienone is 2. The number of aromatic amines is 1. The third-order valence-corrected chi connectivity index (χ3v) is 5.84. The number of amides is 1. The fourth-order valence-electron chi connectivity index (χ4n) is 3.28. The van der Waals surface area contributed by atoms with Gasteiger partial charge in [-0.05, 0) is 18.2 Å². The quantitative estimate of drug-likeness (QED) is 0.706. The molecular formula is C17H20N5O3S+. The molecule has 0 unspecified atom stereocenters. The fourth-order valence-corrected chi connectivity index (χ4v) is 4.27. The van der Waals surface area contributed by atoms with E-state index in [-0.39, 0.29) is 17.5 Å². The molecular weight excluding hydrogens is 354 g/mol. The van der Waals surface area contributed by atoms with Gasteiger partial charge in [-0.15, -0.1) is 4.40 Å². The molecule has 0 bridgehead atoms. The van der Waals surface area contributed by atoms with Gasteiger partial charge in [-0.25, -0.2) is 13.4 Å². The SMILES string of the molecule is O=C(C1=CC=CN2CCS(=O)(=O)N=C12)N1CCN(c2cccc[nH+]2)CC1. The van der Waals surface area contributed by atoms with Gasteiger partial charge in [0.15, 0.2) is 5.84 Å². The second-order valence-electron chi connectivity index (χ2n) is 6.34. The molecule has 1 N–H and O–H groups in total. The van der Waals surface area contributed by atoms with E-state index in [4.69, 9.17) is 0 Å². The summed E-state index contributed by atoms with van der Waals surface area (Å²) in [5.41, 5.74) is 0.343. The molecule has 8 nitrogen and oxygen atoms in total. The lowest BCUT2D eigenvalue weighted by Gasteiger charge is -2.34. The number of amidine groups is 1. The predicted molar refractivity (Wildman–Crippen MR) is 96.9 cm³/mol. The van der Waals surface area contributed by atoms with Crippen LogP contribution >= 0.6 is 0 Å². The van der Waals surface area contributed by atoms with Crippen LogP contribution in [0.5, 0.6) is 0 Å². The molecule has 136 valence electrons. The van der Waals surface area contributed by atoms with Crippen molar-refractivity contribution < 1.29 is 18.2 Å². The van der Waals surface area contributed by atoms with Crippen LogP contribution in [0.25, 0.3) is 0 Å². The number of aromatic nitrogens is 1. The van der Waals surface area contributed by atoms with Crippen molar-refractivity contribution >= 4 is 27.6 Å². The third-order valence-electron chi connectivity index (χ3n) is 4.69. The van der Waals surface area contributed by atoms with E-state index in [1.807, 2.05) is 24.4 Å². The first-order chi connectivity index (χ1) is 12.5. The van der Waals surface area contributed by atoms with Crippen molar-refractivity contribution in [3.05, 3.63) is 48.3 Å². The largest absolute Gasteiger partial charge is 0.331 e. The minimum Gasteiger partial charge on any atom is -0.331 e.